The number of nitrogens with one attached hydrogen (secondary N) is 3. The Balaban J connectivity index is 1.69. The van der Waals surface area contributed by atoms with Gasteiger partial charge in [-0.2, -0.15) is 0 Å². The maximum absolute atomic E-state index is 11.4. The standard InChI is InChI=1S/C21H39N5O2/c1-4-22-19(25-17-8-9-18(27)23-14-17)24-15-21(10-6-5-7-11-21)26-12-13-28-20(2,3)16-26/h17H,4-16H2,1-3H3,(H,23,27)(H2,22,24,25). The number of rotatable bonds is 5. The highest BCUT2D eigenvalue weighted by Crippen LogP contribution is 2.36. The van der Waals surface area contributed by atoms with Crippen LogP contribution in [0.25, 0.3) is 0 Å². The van der Waals surface area contributed by atoms with Gasteiger partial charge in [-0.1, -0.05) is 19.3 Å². The first kappa shape index (κ1) is 21.4. The number of amides is 1. The average molecular weight is 394 g/mol. The van der Waals surface area contributed by atoms with Crippen LogP contribution in [-0.2, 0) is 9.53 Å². The second-order valence-electron chi connectivity index (χ2n) is 9.19. The summed E-state index contributed by atoms with van der Waals surface area (Å²) in [5.41, 5.74) is 0.0535. The highest BCUT2D eigenvalue weighted by atomic mass is 16.5. The zero-order valence-electron chi connectivity index (χ0n) is 18.0. The summed E-state index contributed by atoms with van der Waals surface area (Å²) in [6.45, 7) is 11.6. The Hall–Kier alpha value is -1.34. The van der Waals surface area contributed by atoms with Crippen molar-refractivity contribution in [1.29, 1.82) is 0 Å². The number of morpholine rings is 1. The van der Waals surface area contributed by atoms with Gasteiger partial charge >= 0.3 is 0 Å². The predicted octanol–water partition coefficient (Wildman–Crippen LogP) is 1.63. The van der Waals surface area contributed by atoms with Crippen LogP contribution in [0.15, 0.2) is 4.99 Å². The van der Waals surface area contributed by atoms with Gasteiger partial charge in [0.25, 0.3) is 0 Å². The van der Waals surface area contributed by atoms with E-state index in [-0.39, 0.29) is 23.1 Å². The second-order valence-corrected chi connectivity index (χ2v) is 9.19. The fourth-order valence-corrected chi connectivity index (χ4v) is 4.80. The maximum Gasteiger partial charge on any atom is 0.220 e. The molecule has 3 N–H and O–H groups in total. The van der Waals surface area contributed by atoms with Crippen molar-refractivity contribution in [2.24, 2.45) is 4.99 Å². The molecule has 0 aromatic carbocycles. The molecule has 2 aliphatic heterocycles. The summed E-state index contributed by atoms with van der Waals surface area (Å²) in [5.74, 6) is 1.03. The molecule has 1 saturated carbocycles. The van der Waals surface area contributed by atoms with Crippen molar-refractivity contribution in [3.63, 3.8) is 0 Å². The van der Waals surface area contributed by atoms with E-state index >= 15 is 0 Å². The SMILES string of the molecule is CCNC(=NCC1(N2CCOC(C)(C)C2)CCCCC1)NC1CCC(=O)NC1. The molecular formula is C21H39N5O2. The number of ether oxygens (including phenoxy) is 1. The minimum atomic E-state index is -0.0878. The van der Waals surface area contributed by atoms with Crippen LogP contribution in [0.3, 0.4) is 0 Å². The van der Waals surface area contributed by atoms with E-state index in [9.17, 15) is 4.79 Å². The Morgan fingerprint density at radius 3 is 2.75 bits per heavy atom. The van der Waals surface area contributed by atoms with Gasteiger partial charge in [0.1, 0.15) is 0 Å². The van der Waals surface area contributed by atoms with Crippen LogP contribution in [0.2, 0.25) is 0 Å². The Morgan fingerprint density at radius 1 is 1.32 bits per heavy atom. The fourth-order valence-electron chi connectivity index (χ4n) is 4.80. The van der Waals surface area contributed by atoms with E-state index in [0.29, 0.717) is 13.0 Å². The molecule has 0 bridgehead atoms. The van der Waals surface area contributed by atoms with Gasteiger partial charge in [0.05, 0.1) is 18.8 Å². The molecule has 0 aromatic rings. The summed E-state index contributed by atoms with van der Waals surface area (Å²) in [4.78, 5) is 19.1. The average Bonchev–Trinajstić information content (AvgIpc) is 2.68. The number of guanidine groups is 1. The van der Waals surface area contributed by atoms with Crippen LogP contribution in [0.5, 0.6) is 0 Å². The number of hydrogen-bond donors (Lipinski definition) is 3. The van der Waals surface area contributed by atoms with E-state index in [2.05, 4.69) is 41.6 Å². The van der Waals surface area contributed by atoms with Crippen molar-refractivity contribution in [2.75, 3.05) is 39.3 Å². The topological polar surface area (TPSA) is 78.0 Å². The minimum absolute atomic E-state index is 0.0878. The lowest BCUT2D eigenvalue weighted by Crippen LogP contribution is -2.61. The van der Waals surface area contributed by atoms with E-state index in [0.717, 1.165) is 45.2 Å². The second kappa shape index (κ2) is 9.44. The smallest absolute Gasteiger partial charge is 0.220 e. The summed E-state index contributed by atoms with van der Waals surface area (Å²) in [7, 11) is 0. The highest BCUT2D eigenvalue weighted by molar-refractivity contribution is 5.81. The van der Waals surface area contributed by atoms with E-state index in [1.807, 2.05) is 0 Å². The molecule has 1 atom stereocenters. The van der Waals surface area contributed by atoms with Gasteiger partial charge in [0.2, 0.25) is 5.91 Å². The molecule has 0 spiro atoms. The van der Waals surface area contributed by atoms with Crippen molar-refractivity contribution >= 4 is 11.9 Å². The molecule has 3 rings (SSSR count). The molecule has 0 radical (unpaired) electrons. The normalized spacial score (nSPS) is 28.5. The van der Waals surface area contributed by atoms with Crippen LogP contribution in [0, 0.1) is 0 Å². The van der Waals surface area contributed by atoms with Crippen molar-refractivity contribution in [2.45, 2.75) is 82.9 Å². The van der Waals surface area contributed by atoms with Crippen molar-refractivity contribution in [1.82, 2.24) is 20.9 Å². The first-order valence-electron chi connectivity index (χ1n) is 11.1. The largest absolute Gasteiger partial charge is 0.373 e. The first-order chi connectivity index (χ1) is 13.4. The lowest BCUT2D eigenvalue weighted by Gasteiger charge is -2.51. The molecule has 7 heteroatoms. The minimum Gasteiger partial charge on any atom is -0.373 e. The monoisotopic (exact) mass is 393 g/mol. The zero-order chi connectivity index (χ0) is 20.0. The Morgan fingerprint density at radius 2 is 2.11 bits per heavy atom. The number of nitrogens with zero attached hydrogens (tertiary/aromatic N) is 2. The van der Waals surface area contributed by atoms with Gasteiger partial charge in [0, 0.05) is 44.2 Å². The van der Waals surface area contributed by atoms with Gasteiger partial charge in [-0.15, -0.1) is 0 Å². The van der Waals surface area contributed by atoms with Gasteiger partial charge < -0.3 is 20.7 Å². The van der Waals surface area contributed by atoms with E-state index in [4.69, 9.17) is 9.73 Å². The molecule has 2 heterocycles. The van der Waals surface area contributed by atoms with Crippen molar-refractivity contribution in [3.8, 4) is 0 Å². The van der Waals surface area contributed by atoms with Crippen LogP contribution in [0.1, 0.15) is 65.7 Å². The molecule has 1 unspecified atom stereocenters. The van der Waals surface area contributed by atoms with Gasteiger partial charge in [0.15, 0.2) is 5.96 Å². The molecule has 2 saturated heterocycles. The molecule has 0 aromatic heterocycles. The van der Waals surface area contributed by atoms with E-state index in [1.54, 1.807) is 0 Å². The molecule has 28 heavy (non-hydrogen) atoms. The van der Waals surface area contributed by atoms with Crippen LogP contribution in [0.4, 0.5) is 0 Å². The number of piperidine rings is 1. The lowest BCUT2D eigenvalue weighted by molar-refractivity contribution is -0.122. The van der Waals surface area contributed by atoms with Gasteiger partial charge in [-0.25, -0.2) is 0 Å². The third-order valence-corrected chi connectivity index (χ3v) is 6.36. The van der Waals surface area contributed by atoms with E-state index < -0.39 is 0 Å². The molecule has 1 aliphatic carbocycles. The molecule has 7 nitrogen and oxygen atoms in total. The Kier molecular flexibility index (Phi) is 7.20. The number of aliphatic imine (C=N–C) groups is 1. The summed E-state index contributed by atoms with van der Waals surface area (Å²) in [5, 5.41) is 9.88. The first-order valence-corrected chi connectivity index (χ1v) is 11.1. The van der Waals surface area contributed by atoms with Crippen molar-refractivity contribution in [3.05, 3.63) is 0 Å². The van der Waals surface area contributed by atoms with Crippen LogP contribution >= 0.6 is 0 Å². The molecular weight excluding hydrogens is 354 g/mol. The molecule has 160 valence electrons. The number of carbonyl (C=O) groups is 1. The maximum atomic E-state index is 11.4. The Bertz CT molecular complexity index is 547. The zero-order valence-corrected chi connectivity index (χ0v) is 18.0. The summed E-state index contributed by atoms with van der Waals surface area (Å²) in [6.07, 6.45) is 7.77. The van der Waals surface area contributed by atoms with E-state index in [1.165, 1.54) is 32.1 Å². The summed E-state index contributed by atoms with van der Waals surface area (Å²) < 4.78 is 5.97. The van der Waals surface area contributed by atoms with Crippen LogP contribution < -0.4 is 16.0 Å². The third kappa shape index (κ3) is 5.60. The van der Waals surface area contributed by atoms with Gasteiger partial charge in [-0.05, 0) is 40.0 Å². The summed E-state index contributed by atoms with van der Waals surface area (Å²) >= 11 is 0. The fraction of sp³-hybridized carbons (Fsp3) is 0.905. The third-order valence-electron chi connectivity index (χ3n) is 6.36. The summed E-state index contributed by atoms with van der Waals surface area (Å²) in [6, 6.07) is 0.250. The van der Waals surface area contributed by atoms with Crippen LogP contribution in [-0.4, -0.2) is 73.3 Å². The van der Waals surface area contributed by atoms with Gasteiger partial charge in [-0.3, -0.25) is 14.7 Å². The Labute approximate surface area is 170 Å². The molecule has 3 fully saturated rings. The highest BCUT2D eigenvalue weighted by Gasteiger charge is 2.42. The molecule has 1 amide bonds. The quantitative estimate of drug-likeness (QED) is 0.489. The molecule has 3 aliphatic rings. The number of hydrogen-bond acceptors (Lipinski definition) is 4. The predicted molar refractivity (Wildman–Crippen MR) is 113 cm³/mol. The number of carbonyl (C=O) groups excluding carboxylic acids is 1. The lowest BCUT2D eigenvalue weighted by atomic mass is 9.79. The van der Waals surface area contributed by atoms with Crippen molar-refractivity contribution < 1.29 is 9.53 Å².